The number of aromatic hydroxyl groups is 1. The zero-order chi connectivity index (χ0) is 28.5. The molecule has 1 aromatic carbocycles. The molecule has 206 valence electrons. The number of hydrogen-bond acceptors (Lipinski definition) is 9. The van der Waals surface area contributed by atoms with Gasteiger partial charge >= 0.3 is 0 Å². The van der Waals surface area contributed by atoms with Gasteiger partial charge in [0.05, 0.1) is 23.3 Å². The molecule has 0 spiro atoms. The quantitative estimate of drug-likeness (QED) is 0.302. The van der Waals surface area contributed by atoms with Gasteiger partial charge in [-0.1, -0.05) is 39.8 Å². The fourth-order valence-corrected chi connectivity index (χ4v) is 6.26. The van der Waals surface area contributed by atoms with Crippen LogP contribution in [0.1, 0.15) is 50.3 Å². The van der Waals surface area contributed by atoms with E-state index in [2.05, 4.69) is 26.1 Å². The number of hydrogen-bond donors (Lipinski definition) is 6. The van der Waals surface area contributed by atoms with Crippen LogP contribution in [0.25, 0.3) is 5.76 Å². The number of rotatable bonds is 5. The van der Waals surface area contributed by atoms with Crippen molar-refractivity contribution in [2.75, 3.05) is 20.6 Å². The van der Waals surface area contributed by atoms with E-state index >= 15 is 0 Å². The van der Waals surface area contributed by atoms with E-state index in [0.29, 0.717) is 24.2 Å². The topological polar surface area (TPSA) is 173 Å². The average molecular weight is 528 g/mol. The fraction of sp³-hybridized carbons (Fsp3) is 0.536. The summed E-state index contributed by atoms with van der Waals surface area (Å²) >= 11 is 0. The van der Waals surface area contributed by atoms with E-state index < -0.39 is 64.3 Å². The first kappa shape index (κ1) is 28.0. The normalized spacial score (nSPS) is 31.1. The van der Waals surface area contributed by atoms with E-state index in [1.54, 1.807) is 33.2 Å². The van der Waals surface area contributed by atoms with Gasteiger partial charge in [0.15, 0.2) is 17.2 Å². The highest BCUT2D eigenvalue weighted by molar-refractivity contribution is 6.24. The molecule has 1 aromatic rings. The molecule has 1 amide bonds. The number of nitrogens with zero attached hydrogens (tertiary/aromatic N) is 1. The lowest BCUT2D eigenvalue weighted by molar-refractivity contribution is -0.160. The largest absolute Gasteiger partial charge is 0.507 e. The lowest BCUT2D eigenvalue weighted by Crippen LogP contribution is -2.68. The average Bonchev–Trinajstić information content (AvgIpc) is 2.80. The molecule has 1 fully saturated rings. The lowest BCUT2D eigenvalue weighted by Gasteiger charge is -2.53. The third kappa shape index (κ3) is 4.16. The Morgan fingerprint density at radius 2 is 1.82 bits per heavy atom. The standard InChI is InChI=1S/C28H37N3O7/c1-12-14-8-7-13(10-30-11-27(2,3)4)21(32)17(14)23(34)18-16(12)24(35)19-20(31(5)6)22(33)15(26(29)37)9-28(19,38)25(18)36/h7-9,12,16,19-20,24,30,32,34-35,38H,10-11H2,1-6H3,(H2,29,37)/t12-,16+,19+,20-,24-,28-/m0/s1. The van der Waals surface area contributed by atoms with Gasteiger partial charge in [-0.15, -0.1) is 0 Å². The number of phenolic OH excluding ortho intramolecular Hbond substituents is 1. The van der Waals surface area contributed by atoms with Crippen molar-refractivity contribution in [3.63, 3.8) is 0 Å². The van der Waals surface area contributed by atoms with Crippen LogP contribution in [0, 0.1) is 17.3 Å². The first-order chi connectivity index (χ1) is 17.5. The molecule has 1 saturated carbocycles. The molecular weight excluding hydrogens is 490 g/mol. The molecule has 0 radical (unpaired) electrons. The Balaban J connectivity index is 1.88. The summed E-state index contributed by atoms with van der Waals surface area (Å²) in [5, 5.41) is 49.2. The number of likely N-dealkylation sites (N-methyl/N-ethyl adjacent to an activating group) is 1. The molecule has 0 unspecified atom stereocenters. The first-order valence-corrected chi connectivity index (χ1v) is 12.7. The molecule has 3 aliphatic rings. The van der Waals surface area contributed by atoms with Crippen LogP contribution in [0.5, 0.6) is 5.75 Å². The first-order valence-electron chi connectivity index (χ1n) is 12.7. The Kier molecular flexibility index (Phi) is 6.85. The molecule has 0 saturated heterocycles. The number of amides is 1. The number of benzene rings is 1. The number of nitrogens with one attached hydrogen (secondary N) is 1. The number of aliphatic hydroxyl groups excluding tert-OH is 2. The maximum absolute atomic E-state index is 13.9. The molecule has 7 N–H and O–H groups in total. The minimum atomic E-state index is -2.48. The summed E-state index contributed by atoms with van der Waals surface area (Å²) in [5.74, 6) is -6.33. The Morgan fingerprint density at radius 3 is 2.37 bits per heavy atom. The third-order valence-corrected chi connectivity index (χ3v) is 8.03. The summed E-state index contributed by atoms with van der Waals surface area (Å²) in [7, 11) is 3.08. The van der Waals surface area contributed by atoms with Crippen LogP contribution in [0.2, 0.25) is 0 Å². The van der Waals surface area contributed by atoms with E-state index in [1.807, 2.05) is 0 Å². The molecule has 4 rings (SSSR count). The highest BCUT2D eigenvalue weighted by Gasteiger charge is 2.64. The number of fused-ring (bicyclic) bond motifs is 3. The molecular formula is C28H37N3O7. The number of carbonyl (C=O) groups is 3. The van der Waals surface area contributed by atoms with Crippen LogP contribution in [0.3, 0.4) is 0 Å². The summed E-state index contributed by atoms with van der Waals surface area (Å²) in [5.41, 5.74) is 3.24. The van der Waals surface area contributed by atoms with E-state index in [0.717, 1.165) is 6.08 Å². The van der Waals surface area contributed by atoms with Gasteiger partial charge in [-0.3, -0.25) is 19.3 Å². The molecule has 3 aliphatic carbocycles. The van der Waals surface area contributed by atoms with Gasteiger partial charge in [-0.05, 0) is 37.1 Å². The van der Waals surface area contributed by atoms with Crippen LogP contribution >= 0.6 is 0 Å². The van der Waals surface area contributed by atoms with Gasteiger partial charge in [-0.2, -0.15) is 0 Å². The highest BCUT2D eigenvalue weighted by Crippen LogP contribution is 2.55. The van der Waals surface area contributed by atoms with Crippen LogP contribution in [-0.4, -0.2) is 81.2 Å². The number of primary amides is 1. The van der Waals surface area contributed by atoms with Crippen molar-refractivity contribution in [1.29, 1.82) is 0 Å². The smallest absolute Gasteiger partial charge is 0.252 e. The van der Waals surface area contributed by atoms with Gasteiger partial charge in [0, 0.05) is 36.1 Å². The maximum atomic E-state index is 13.9. The summed E-state index contributed by atoms with van der Waals surface area (Å²) in [4.78, 5) is 40.6. The van der Waals surface area contributed by atoms with Crippen molar-refractivity contribution in [2.24, 2.45) is 23.0 Å². The van der Waals surface area contributed by atoms with Gasteiger partial charge < -0.3 is 31.5 Å². The summed E-state index contributed by atoms with van der Waals surface area (Å²) in [6, 6.07) is 2.27. The van der Waals surface area contributed by atoms with Crippen LogP contribution in [-0.2, 0) is 20.9 Å². The highest BCUT2D eigenvalue weighted by atomic mass is 16.3. The van der Waals surface area contributed by atoms with Crippen LogP contribution in [0.15, 0.2) is 29.4 Å². The molecule has 0 aliphatic heterocycles. The van der Waals surface area contributed by atoms with Gasteiger partial charge in [0.1, 0.15) is 11.5 Å². The minimum absolute atomic E-state index is 0.00932. The third-order valence-electron chi connectivity index (χ3n) is 8.03. The second-order valence-corrected chi connectivity index (χ2v) is 12.1. The van der Waals surface area contributed by atoms with E-state index in [1.165, 1.54) is 4.90 Å². The van der Waals surface area contributed by atoms with Gasteiger partial charge in [0.2, 0.25) is 0 Å². The molecule has 38 heavy (non-hydrogen) atoms. The van der Waals surface area contributed by atoms with Crippen molar-refractivity contribution >= 4 is 23.2 Å². The summed E-state index contributed by atoms with van der Waals surface area (Å²) in [6.07, 6.45) is -0.632. The lowest BCUT2D eigenvalue weighted by atomic mass is 9.55. The number of Topliss-reactive ketones (excluding diaryl/α,β-unsaturated/α-hetero) is 2. The Bertz CT molecular complexity index is 1280. The van der Waals surface area contributed by atoms with Gasteiger partial charge in [0.25, 0.3) is 5.91 Å². The van der Waals surface area contributed by atoms with E-state index in [-0.39, 0.29) is 22.3 Å². The summed E-state index contributed by atoms with van der Waals surface area (Å²) < 4.78 is 0. The molecule has 10 heteroatoms. The fourth-order valence-electron chi connectivity index (χ4n) is 6.26. The SMILES string of the molecule is C[C@H]1c2ccc(CNCC(C)(C)C)c(O)c2C(O)=C2C(=O)[C@]3(O)C=C(C(N)=O)C(=O)[C@@H](N(C)C)[C@@H]3[C@@H](O)[C@@H]21. The molecule has 0 aromatic heterocycles. The van der Waals surface area contributed by atoms with Crippen molar-refractivity contribution in [2.45, 2.75) is 57.9 Å². The van der Waals surface area contributed by atoms with Crippen molar-refractivity contribution in [1.82, 2.24) is 10.2 Å². The predicted octanol–water partition coefficient (Wildman–Crippen LogP) is 0.746. The molecule has 6 atom stereocenters. The Morgan fingerprint density at radius 1 is 1.18 bits per heavy atom. The predicted molar refractivity (Wildman–Crippen MR) is 140 cm³/mol. The number of aliphatic hydroxyl groups is 3. The molecule has 0 heterocycles. The van der Waals surface area contributed by atoms with E-state index in [9.17, 15) is 34.8 Å². The van der Waals surface area contributed by atoms with E-state index in [4.69, 9.17) is 5.73 Å². The van der Waals surface area contributed by atoms with Crippen molar-refractivity contribution < 1.29 is 34.8 Å². The Labute approximate surface area is 221 Å². The van der Waals surface area contributed by atoms with Crippen molar-refractivity contribution in [3.05, 3.63) is 46.0 Å². The zero-order valence-electron chi connectivity index (χ0n) is 22.6. The van der Waals surface area contributed by atoms with Crippen LogP contribution < -0.4 is 11.1 Å². The van der Waals surface area contributed by atoms with Crippen LogP contribution in [0.4, 0.5) is 0 Å². The van der Waals surface area contributed by atoms with Gasteiger partial charge in [-0.25, -0.2) is 0 Å². The molecule has 0 bridgehead atoms. The molecule has 10 nitrogen and oxygen atoms in total. The van der Waals surface area contributed by atoms with Crippen molar-refractivity contribution in [3.8, 4) is 5.75 Å². The Hall–Kier alpha value is -3.05. The maximum Gasteiger partial charge on any atom is 0.252 e. The second-order valence-electron chi connectivity index (χ2n) is 12.1. The second kappa shape index (κ2) is 9.30. The number of phenols is 1. The number of ketones is 2. The summed E-state index contributed by atoms with van der Waals surface area (Å²) in [6.45, 7) is 8.96. The minimum Gasteiger partial charge on any atom is -0.507 e. The number of nitrogens with two attached hydrogens (primary N) is 1. The number of carbonyl (C=O) groups excluding carboxylic acids is 3. The zero-order valence-corrected chi connectivity index (χ0v) is 22.6. The monoisotopic (exact) mass is 527 g/mol.